The molecule has 0 saturated carbocycles. The molecule has 0 atom stereocenters. The van der Waals surface area contributed by atoms with Crippen molar-refractivity contribution in [2.45, 2.75) is 6.54 Å². The molecule has 0 fully saturated rings. The van der Waals surface area contributed by atoms with Crippen LogP contribution in [-0.2, 0) is 11.3 Å². The van der Waals surface area contributed by atoms with E-state index in [2.05, 4.69) is 10.3 Å². The fourth-order valence-electron chi connectivity index (χ4n) is 1.68. The van der Waals surface area contributed by atoms with Crippen LogP contribution in [0.25, 0.3) is 0 Å². The van der Waals surface area contributed by atoms with E-state index in [1.54, 1.807) is 25.4 Å². The van der Waals surface area contributed by atoms with E-state index in [1.807, 2.05) is 6.07 Å². The van der Waals surface area contributed by atoms with Crippen LogP contribution in [0.1, 0.15) is 5.56 Å². The van der Waals surface area contributed by atoms with Crippen molar-refractivity contribution < 1.29 is 19.7 Å². The summed E-state index contributed by atoms with van der Waals surface area (Å²) in [7, 11) is 1.62. The number of aromatic nitrogens is 1. The molecule has 0 aliphatic carbocycles. The number of nitrogens with zero attached hydrogens (tertiary/aromatic N) is 1. The second-order valence-electron chi connectivity index (χ2n) is 4.40. The first-order chi connectivity index (χ1) is 10.2. The molecular formula is C15H18N2O4. The topological polar surface area (TPSA) is 83.8 Å². The van der Waals surface area contributed by atoms with Crippen molar-refractivity contribution in [1.29, 1.82) is 0 Å². The Morgan fingerprint density at radius 1 is 1.10 bits per heavy atom. The van der Waals surface area contributed by atoms with Gasteiger partial charge in [-0.15, -0.1) is 0 Å². The second-order valence-corrected chi connectivity index (χ2v) is 4.40. The minimum atomic E-state index is -0.130. The zero-order chi connectivity index (χ0) is 15.1. The molecule has 0 radical (unpaired) electrons. The number of nitrogens with one attached hydrogen (secondary N) is 1. The zero-order valence-corrected chi connectivity index (χ0v) is 11.7. The Hall–Kier alpha value is -2.47. The number of rotatable bonds is 7. The molecule has 21 heavy (non-hydrogen) atoms. The maximum atomic E-state index is 9.42. The monoisotopic (exact) mass is 290 g/mol. The Morgan fingerprint density at radius 2 is 1.95 bits per heavy atom. The SMILES string of the molecule is COCCOc1ccc(NCc2ccc(O)c(O)c2)cn1. The molecule has 0 saturated heterocycles. The lowest BCUT2D eigenvalue weighted by atomic mass is 10.2. The van der Waals surface area contributed by atoms with E-state index >= 15 is 0 Å². The molecule has 1 heterocycles. The third-order valence-electron chi connectivity index (χ3n) is 2.81. The quantitative estimate of drug-likeness (QED) is 0.535. The maximum absolute atomic E-state index is 9.42. The third kappa shape index (κ3) is 4.54. The summed E-state index contributed by atoms with van der Waals surface area (Å²) in [6.45, 7) is 1.49. The Balaban J connectivity index is 1.86. The Labute approximate surface area is 123 Å². The summed E-state index contributed by atoms with van der Waals surface area (Å²) in [5.41, 5.74) is 1.69. The second kappa shape index (κ2) is 7.35. The van der Waals surface area contributed by atoms with Gasteiger partial charge in [0.05, 0.1) is 18.5 Å². The van der Waals surface area contributed by atoms with Crippen LogP contribution in [0.2, 0.25) is 0 Å². The van der Waals surface area contributed by atoms with Crippen molar-refractivity contribution >= 4 is 5.69 Å². The number of hydrogen-bond donors (Lipinski definition) is 3. The van der Waals surface area contributed by atoms with Crippen molar-refractivity contribution in [1.82, 2.24) is 4.98 Å². The van der Waals surface area contributed by atoms with Crippen molar-refractivity contribution in [2.75, 3.05) is 25.6 Å². The lowest BCUT2D eigenvalue weighted by Gasteiger charge is -2.08. The van der Waals surface area contributed by atoms with E-state index in [1.165, 1.54) is 12.1 Å². The first-order valence-electron chi connectivity index (χ1n) is 6.51. The smallest absolute Gasteiger partial charge is 0.213 e. The highest BCUT2D eigenvalue weighted by atomic mass is 16.5. The number of benzene rings is 1. The molecule has 0 bridgehead atoms. The van der Waals surface area contributed by atoms with Gasteiger partial charge < -0.3 is 25.0 Å². The maximum Gasteiger partial charge on any atom is 0.213 e. The van der Waals surface area contributed by atoms with Gasteiger partial charge in [-0.1, -0.05) is 6.07 Å². The standard InChI is InChI=1S/C15H18N2O4/c1-20-6-7-21-15-5-3-12(10-17-15)16-9-11-2-4-13(18)14(19)8-11/h2-5,8,10,16,18-19H,6-7,9H2,1H3. The minimum Gasteiger partial charge on any atom is -0.504 e. The zero-order valence-electron chi connectivity index (χ0n) is 11.7. The van der Waals surface area contributed by atoms with Crippen molar-refractivity contribution in [2.24, 2.45) is 0 Å². The van der Waals surface area contributed by atoms with Crippen molar-refractivity contribution in [3.05, 3.63) is 42.1 Å². The molecule has 2 rings (SSSR count). The molecule has 1 aromatic heterocycles. The van der Waals surface area contributed by atoms with Crippen LogP contribution in [0.5, 0.6) is 17.4 Å². The largest absolute Gasteiger partial charge is 0.504 e. The van der Waals surface area contributed by atoms with Crippen LogP contribution in [-0.4, -0.2) is 35.5 Å². The van der Waals surface area contributed by atoms with Crippen LogP contribution in [0, 0.1) is 0 Å². The average Bonchev–Trinajstić information content (AvgIpc) is 2.50. The van der Waals surface area contributed by atoms with Gasteiger partial charge in [-0.05, 0) is 23.8 Å². The van der Waals surface area contributed by atoms with E-state index in [4.69, 9.17) is 9.47 Å². The molecule has 0 spiro atoms. The molecule has 0 aliphatic heterocycles. The fraction of sp³-hybridized carbons (Fsp3) is 0.267. The minimum absolute atomic E-state index is 0.127. The van der Waals surface area contributed by atoms with Gasteiger partial charge in [-0.25, -0.2) is 4.98 Å². The number of pyridine rings is 1. The van der Waals surface area contributed by atoms with Gasteiger partial charge in [-0.3, -0.25) is 0 Å². The molecule has 1 aromatic carbocycles. The Kier molecular flexibility index (Phi) is 5.22. The number of ether oxygens (including phenoxy) is 2. The van der Waals surface area contributed by atoms with Crippen LogP contribution >= 0.6 is 0 Å². The normalized spacial score (nSPS) is 10.3. The van der Waals surface area contributed by atoms with Gasteiger partial charge in [-0.2, -0.15) is 0 Å². The molecule has 3 N–H and O–H groups in total. The van der Waals surface area contributed by atoms with Gasteiger partial charge in [0, 0.05) is 19.7 Å². The summed E-state index contributed by atoms with van der Waals surface area (Å²) in [5, 5.41) is 21.8. The highest BCUT2D eigenvalue weighted by molar-refractivity contribution is 5.45. The van der Waals surface area contributed by atoms with Gasteiger partial charge in [0.15, 0.2) is 11.5 Å². The van der Waals surface area contributed by atoms with Gasteiger partial charge in [0.25, 0.3) is 0 Å². The summed E-state index contributed by atoms with van der Waals surface area (Å²) in [4.78, 5) is 4.16. The van der Waals surface area contributed by atoms with Gasteiger partial charge in [0.2, 0.25) is 5.88 Å². The molecule has 6 heteroatoms. The van der Waals surface area contributed by atoms with Crippen molar-refractivity contribution in [3.63, 3.8) is 0 Å². The highest BCUT2D eigenvalue weighted by Crippen LogP contribution is 2.25. The number of phenolic OH excluding ortho intramolecular Hbond substituents is 2. The molecule has 112 valence electrons. The first kappa shape index (κ1) is 14.9. The predicted molar refractivity (Wildman–Crippen MR) is 78.7 cm³/mol. The van der Waals surface area contributed by atoms with E-state index in [-0.39, 0.29) is 11.5 Å². The van der Waals surface area contributed by atoms with Crippen LogP contribution in [0.15, 0.2) is 36.5 Å². The Bertz CT molecular complexity index is 572. The van der Waals surface area contributed by atoms with Crippen LogP contribution < -0.4 is 10.1 Å². The molecule has 0 unspecified atom stereocenters. The summed E-state index contributed by atoms with van der Waals surface area (Å²) < 4.78 is 10.3. The van der Waals surface area contributed by atoms with Gasteiger partial charge >= 0.3 is 0 Å². The molecule has 2 aromatic rings. The lowest BCUT2D eigenvalue weighted by Crippen LogP contribution is -2.05. The summed E-state index contributed by atoms with van der Waals surface area (Å²) in [6.07, 6.45) is 1.67. The number of phenols is 2. The lowest BCUT2D eigenvalue weighted by molar-refractivity contribution is 0.144. The summed E-state index contributed by atoms with van der Waals surface area (Å²) >= 11 is 0. The molecule has 6 nitrogen and oxygen atoms in total. The number of aromatic hydroxyl groups is 2. The highest BCUT2D eigenvalue weighted by Gasteiger charge is 2.01. The summed E-state index contributed by atoms with van der Waals surface area (Å²) in [5.74, 6) is 0.284. The number of methoxy groups -OCH3 is 1. The fourth-order valence-corrected chi connectivity index (χ4v) is 1.68. The van der Waals surface area contributed by atoms with Crippen LogP contribution in [0.3, 0.4) is 0 Å². The molecule has 0 amide bonds. The van der Waals surface area contributed by atoms with Crippen molar-refractivity contribution in [3.8, 4) is 17.4 Å². The van der Waals surface area contributed by atoms with E-state index in [9.17, 15) is 10.2 Å². The van der Waals surface area contributed by atoms with Gasteiger partial charge in [0.1, 0.15) is 6.61 Å². The Morgan fingerprint density at radius 3 is 2.62 bits per heavy atom. The molecule has 0 aliphatic rings. The molecular weight excluding hydrogens is 272 g/mol. The number of hydrogen-bond acceptors (Lipinski definition) is 6. The van der Waals surface area contributed by atoms with Crippen LogP contribution in [0.4, 0.5) is 5.69 Å². The van der Waals surface area contributed by atoms with E-state index in [0.29, 0.717) is 25.6 Å². The first-order valence-corrected chi connectivity index (χ1v) is 6.51. The third-order valence-corrected chi connectivity index (χ3v) is 2.81. The predicted octanol–water partition coefficient (Wildman–Crippen LogP) is 2.13. The van der Waals surface area contributed by atoms with E-state index < -0.39 is 0 Å². The number of anilines is 1. The average molecular weight is 290 g/mol. The van der Waals surface area contributed by atoms with E-state index in [0.717, 1.165) is 11.3 Å². The summed E-state index contributed by atoms with van der Waals surface area (Å²) in [6, 6.07) is 8.33.